The largest absolute Gasteiger partial charge is 0.495 e. The van der Waals surface area contributed by atoms with Crippen LogP contribution in [0.5, 0.6) is 5.75 Å². The number of rotatable bonds is 3. The predicted molar refractivity (Wildman–Crippen MR) is 55.7 cm³/mol. The van der Waals surface area contributed by atoms with Crippen LogP contribution in [-0.2, 0) is 0 Å². The first-order chi connectivity index (χ1) is 7.04. The topological polar surface area (TPSA) is 47.6 Å². The number of ether oxygens (including phenoxy) is 1. The van der Waals surface area contributed by atoms with E-state index in [-0.39, 0.29) is 0 Å². The van der Waals surface area contributed by atoms with Crippen molar-refractivity contribution in [1.82, 2.24) is 0 Å². The average molecular weight is 214 g/mol. The molecule has 3 nitrogen and oxygen atoms in total. The van der Waals surface area contributed by atoms with E-state index in [2.05, 4.69) is 4.99 Å². The number of nitrogens with two attached hydrogens (primary N) is 1. The standard InChI is InChI=1S/C10H12F2N2O/c1-6-3-7(5-14-10(11)12)9(13)8(4-6)15-2/h3-5,10H,13H2,1-2H3/b14-5+. The second kappa shape index (κ2) is 4.72. The van der Waals surface area contributed by atoms with Crippen molar-refractivity contribution in [1.29, 1.82) is 0 Å². The van der Waals surface area contributed by atoms with Crippen molar-refractivity contribution in [3.8, 4) is 5.75 Å². The molecule has 0 amide bonds. The minimum Gasteiger partial charge on any atom is -0.495 e. The average Bonchev–Trinajstić information content (AvgIpc) is 2.18. The van der Waals surface area contributed by atoms with Crippen LogP contribution in [0.1, 0.15) is 11.1 Å². The van der Waals surface area contributed by atoms with Gasteiger partial charge in [0, 0.05) is 11.8 Å². The summed E-state index contributed by atoms with van der Waals surface area (Å²) in [6.07, 6.45) is 1.05. The highest BCUT2D eigenvalue weighted by Gasteiger charge is 2.05. The first kappa shape index (κ1) is 11.4. The van der Waals surface area contributed by atoms with Crippen LogP contribution in [0.4, 0.5) is 14.5 Å². The SMILES string of the molecule is COc1cc(C)cc(/C=N/C(F)F)c1N. The van der Waals surface area contributed by atoms with Crippen molar-refractivity contribution < 1.29 is 13.5 Å². The fourth-order valence-electron chi connectivity index (χ4n) is 1.20. The van der Waals surface area contributed by atoms with Crippen molar-refractivity contribution in [3.05, 3.63) is 23.3 Å². The van der Waals surface area contributed by atoms with E-state index in [1.807, 2.05) is 6.92 Å². The number of aliphatic imine (C=N–C) groups is 1. The molecule has 0 radical (unpaired) electrons. The minimum atomic E-state index is -2.73. The maximum atomic E-state index is 11.9. The van der Waals surface area contributed by atoms with Gasteiger partial charge in [-0.1, -0.05) is 0 Å². The van der Waals surface area contributed by atoms with E-state index in [1.165, 1.54) is 7.11 Å². The molecule has 2 N–H and O–H groups in total. The lowest BCUT2D eigenvalue weighted by molar-refractivity contribution is 0.161. The molecule has 0 aliphatic heterocycles. The smallest absolute Gasteiger partial charge is 0.331 e. The first-order valence-electron chi connectivity index (χ1n) is 4.30. The van der Waals surface area contributed by atoms with Gasteiger partial charge in [0.25, 0.3) is 0 Å². The minimum absolute atomic E-state index is 0.313. The summed E-state index contributed by atoms with van der Waals surface area (Å²) < 4.78 is 28.7. The van der Waals surface area contributed by atoms with Gasteiger partial charge in [-0.2, -0.15) is 8.78 Å². The molecule has 0 saturated carbocycles. The van der Waals surface area contributed by atoms with Gasteiger partial charge < -0.3 is 10.5 Å². The quantitative estimate of drug-likeness (QED) is 0.476. The summed E-state index contributed by atoms with van der Waals surface area (Å²) in [5.41, 5.74) is 7.31. The van der Waals surface area contributed by atoms with Crippen molar-refractivity contribution >= 4 is 11.9 Å². The van der Waals surface area contributed by atoms with Crippen molar-refractivity contribution in [2.45, 2.75) is 13.5 Å². The molecule has 5 heteroatoms. The molecular weight excluding hydrogens is 202 g/mol. The van der Waals surface area contributed by atoms with Crippen molar-refractivity contribution in [2.24, 2.45) is 4.99 Å². The highest BCUT2D eigenvalue weighted by molar-refractivity contribution is 5.89. The van der Waals surface area contributed by atoms with E-state index >= 15 is 0 Å². The summed E-state index contributed by atoms with van der Waals surface area (Å²) in [7, 11) is 1.47. The molecule has 0 fully saturated rings. The number of nitrogens with zero attached hydrogens (tertiary/aromatic N) is 1. The molecule has 15 heavy (non-hydrogen) atoms. The molecule has 82 valence electrons. The van der Waals surface area contributed by atoms with Crippen LogP contribution >= 0.6 is 0 Å². The summed E-state index contributed by atoms with van der Waals surface area (Å²) >= 11 is 0. The van der Waals surface area contributed by atoms with Crippen molar-refractivity contribution in [2.75, 3.05) is 12.8 Å². The van der Waals surface area contributed by atoms with Gasteiger partial charge in [0.15, 0.2) is 0 Å². The van der Waals surface area contributed by atoms with Gasteiger partial charge in [-0.15, -0.1) is 0 Å². The molecule has 0 bridgehead atoms. The van der Waals surface area contributed by atoms with Crippen LogP contribution in [0.25, 0.3) is 0 Å². The molecule has 0 aliphatic rings. The van der Waals surface area contributed by atoms with Crippen LogP contribution in [0, 0.1) is 6.92 Å². The molecule has 0 heterocycles. The van der Waals surface area contributed by atoms with E-state index in [9.17, 15) is 8.78 Å². The number of halogens is 2. The number of anilines is 1. The summed E-state index contributed by atoms with van der Waals surface area (Å²) in [6, 6.07) is 3.40. The van der Waals surface area contributed by atoms with E-state index < -0.39 is 6.55 Å². The number of benzene rings is 1. The fraction of sp³-hybridized carbons (Fsp3) is 0.300. The normalized spacial score (nSPS) is 11.3. The maximum absolute atomic E-state index is 11.9. The van der Waals surface area contributed by atoms with Gasteiger partial charge in [0.05, 0.1) is 12.8 Å². The third kappa shape index (κ3) is 2.90. The maximum Gasteiger partial charge on any atom is 0.331 e. The zero-order chi connectivity index (χ0) is 11.4. The number of methoxy groups -OCH3 is 1. The van der Waals surface area contributed by atoms with Gasteiger partial charge in [0.2, 0.25) is 0 Å². The Morgan fingerprint density at radius 1 is 1.47 bits per heavy atom. The summed E-state index contributed by atoms with van der Waals surface area (Å²) in [5.74, 6) is 0.464. The number of hydrogen-bond acceptors (Lipinski definition) is 3. The highest BCUT2D eigenvalue weighted by atomic mass is 19.3. The van der Waals surface area contributed by atoms with Crippen LogP contribution in [0.3, 0.4) is 0 Å². The van der Waals surface area contributed by atoms with E-state index in [4.69, 9.17) is 10.5 Å². The van der Waals surface area contributed by atoms with Crippen LogP contribution in [-0.4, -0.2) is 19.9 Å². The van der Waals surface area contributed by atoms with Crippen LogP contribution in [0.2, 0.25) is 0 Å². The monoisotopic (exact) mass is 214 g/mol. The predicted octanol–water partition coefficient (Wildman–Crippen LogP) is 2.23. The van der Waals surface area contributed by atoms with E-state index in [0.29, 0.717) is 17.0 Å². The zero-order valence-electron chi connectivity index (χ0n) is 8.50. The Morgan fingerprint density at radius 3 is 2.67 bits per heavy atom. The second-order valence-electron chi connectivity index (χ2n) is 3.03. The summed E-state index contributed by atoms with van der Waals surface area (Å²) in [4.78, 5) is 2.98. The van der Waals surface area contributed by atoms with E-state index in [1.54, 1.807) is 12.1 Å². The Labute approximate surface area is 86.6 Å². The molecule has 0 unspecified atom stereocenters. The van der Waals surface area contributed by atoms with Gasteiger partial charge in [0.1, 0.15) is 5.75 Å². The van der Waals surface area contributed by atoms with Crippen LogP contribution in [0.15, 0.2) is 17.1 Å². The lowest BCUT2D eigenvalue weighted by Crippen LogP contribution is -1.99. The van der Waals surface area contributed by atoms with E-state index in [0.717, 1.165) is 11.8 Å². The van der Waals surface area contributed by atoms with Gasteiger partial charge in [-0.3, -0.25) is 0 Å². The lowest BCUT2D eigenvalue weighted by Gasteiger charge is -2.08. The summed E-state index contributed by atoms with van der Waals surface area (Å²) in [6.45, 7) is -0.905. The molecule has 1 rings (SSSR count). The highest BCUT2D eigenvalue weighted by Crippen LogP contribution is 2.25. The molecule has 1 aromatic rings. The first-order valence-corrected chi connectivity index (χ1v) is 4.30. The molecule has 0 aliphatic carbocycles. The number of alkyl halides is 2. The molecule has 0 atom stereocenters. The molecule has 0 aromatic heterocycles. The number of nitrogen functional groups attached to an aromatic ring is 1. The third-order valence-corrected chi connectivity index (χ3v) is 1.86. The fourth-order valence-corrected chi connectivity index (χ4v) is 1.20. The summed E-state index contributed by atoms with van der Waals surface area (Å²) in [5, 5.41) is 0. The zero-order valence-corrected chi connectivity index (χ0v) is 8.50. The third-order valence-electron chi connectivity index (χ3n) is 1.86. The Bertz CT molecular complexity index is 378. The van der Waals surface area contributed by atoms with Gasteiger partial charge in [-0.25, -0.2) is 4.99 Å². The lowest BCUT2D eigenvalue weighted by atomic mass is 10.1. The Kier molecular flexibility index (Phi) is 3.60. The van der Waals surface area contributed by atoms with Crippen molar-refractivity contribution in [3.63, 3.8) is 0 Å². The Hall–Kier alpha value is -1.65. The van der Waals surface area contributed by atoms with Crippen LogP contribution < -0.4 is 10.5 Å². The Morgan fingerprint density at radius 2 is 2.13 bits per heavy atom. The molecule has 0 saturated heterocycles. The molecule has 0 spiro atoms. The van der Waals surface area contributed by atoms with Gasteiger partial charge >= 0.3 is 6.55 Å². The molecule has 1 aromatic carbocycles. The molecular formula is C10H12F2N2O. The Balaban J connectivity index is 3.12. The van der Waals surface area contributed by atoms with Gasteiger partial charge in [-0.05, 0) is 24.6 Å². The number of aryl methyl sites for hydroxylation is 1. The second-order valence-corrected chi connectivity index (χ2v) is 3.03. The number of hydrogen-bond donors (Lipinski definition) is 1.